The van der Waals surface area contributed by atoms with E-state index in [4.69, 9.17) is 19.1 Å². The molecule has 0 saturated carbocycles. The van der Waals surface area contributed by atoms with E-state index in [1.54, 1.807) is 0 Å². The zero-order chi connectivity index (χ0) is 8.41. The van der Waals surface area contributed by atoms with Crippen LogP contribution in [0, 0.1) is 12.3 Å². The molecule has 0 fully saturated rings. The van der Waals surface area contributed by atoms with Crippen molar-refractivity contribution in [3.63, 3.8) is 0 Å². The van der Waals surface area contributed by atoms with E-state index in [1.807, 2.05) is 0 Å². The highest BCUT2D eigenvalue weighted by Crippen LogP contribution is 1.88. The summed E-state index contributed by atoms with van der Waals surface area (Å²) in [4.78, 5) is 0. The van der Waals surface area contributed by atoms with Crippen LogP contribution in [0.5, 0.6) is 0 Å². The van der Waals surface area contributed by atoms with Crippen LogP contribution in [0.2, 0.25) is 0 Å². The van der Waals surface area contributed by atoms with Gasteiger partial charge in [-0.2, -0.15) is 0 Å². The molecule has 3 nitrogen and oxygen atoms in total. The van der Waals surface area contributed by atoms with Gasteiger partial charge in [0.25, 0.3) is 0 Å². The van der Waals surface area contributed by atoms with Gasteiger partial charge in [-0.15, -0.1) is 25.0 Å². The molecular formula is C6H10O3S. The molecular weight excluding hydrogens is 152 g/mol. The third-order valence-corrected chi connectivity index (χ3v) is 0.675. The number of unbranched alkanes of at least 4 members (excludes halogenated alkanes) is 2. The third-order valence-electron chi connectivity index (χ3n) is 0.675. The topological polar surface area (TPSA) is 51.2 Å². The van der Waals surface area contributed by atoms with E-state index in [0.717, 1.165) is 6.42 Å². The molecule has 0 unspecified atom stereocenters. The fraction of sp³-hybridized carbons (Fsp3) is 0.667. The molecule has 0 aromatic heterocycles. The fourth-order valence-electron chi connectivity index (χ4n) is 0.279. The Labute approximate surface area is 62.5 Å². The molecule has 4 heteroatoms. The Morgan fingerprint density at radius 2 is 1.80 bits per heavy atom. The van der Waals surface area contributed by atoms with E-state index in [1.165, 1.54) is 12.8 Å². The molecule has 0 spiro atoms. The molecule has 0 aromatic carbocycles. The highest BCUT2D eigenvalue weighted by atomic mass is 32.2. The molecule has 0 bridgehead atoms. The molecule has 0 rings (SSSR count). The summed E-state index contributed by atoms with van der Waals surface area (Å²) >= 11 is 0. The van der Waals surface area contributed by atoms with Gasteiger partial charge in [-0.05, 0) is 6.42 Å². The minimum atomic E-state index is -3.11. The summed E-state index contributed by atoms with van der Waals surface area (Å²) in [6.07, 6.45) is 8.30. The van der Waals surface area contributed by atoms with E-state index < -0.39 is 10.6 Å². The monoisotopic (exact) mass is 162 g/mol. The summed E-state index contributed by atoms with van der Waals surface area (Å²) in [6, 6.07) is 0. The van der Waals surface area contributed by atoms with Crippen LogP contribution in [-0.4, -0.2) is 12.6 Å². The molecule has 0 amide bonds. The van der Waals surface area contributed by atoms with Gasteiger partial charge in [0.05, 0.1) is 0 Å². The van der Waals surface area contributed by atoms with Gasteiger partial charge in [0.1, 0.15) is 0 Å². The summed E-state index contributed by atoms with van der Waals surface area (Å²) in [6.45, 7) is 2.14. The molecule has 0 aliphatic rings. The lowest BCUT2D eigenvalue weighted by Crippen LogP contribution is -1.62. The maximum absolute atomic E-state index is 8.44. The standard InChI is InChI=1S/C6H10.O3S/c1-3-5-6-4-2;1-4(2)3/h1H,4-6H2,2H3;. The normalized spacial score (nSPS) is 6.80. The van der Waals surface area contributed by atoms with Crippen molar-refractivity contribution >= 4 is 10.6 Å². The first-order valence-electron chi connectivity index (χ1n) is 2.85. The van der Waals surface area contributed by atoms with E-state index in [0.29, 0.717) is 0 Å². The first-order chi connectivity index (χ1) is 4.65. The Balaban J connectivity index is 0. The number of rotatable bonds is 2. The fourth-order valence-corrected chi connectivity index (χ4v) is 0.279. The zero-order valence-electron chi connectivity index (χ0n) is 5.83. The quantitative estimate of drug-likeness (QED) is 0.446. The highest BCUT2D eigenvalue weighted by molar-refractivity contribution is 7.59. The second-order valence-electron chi connectivity index (χ2n) is 1.51. The molecule has 58 valence electrons. The van der Waals surface area contributed by atoms with Crippen LogP contribution in [0.15, 0.2) is 0 Å². The predicted molar refractivity (Wildman–Crippen MR) is 38.1 cm³/mol. The Kier molecular flexibility index (Phi) is 13.2. The maximum atomic E-state index is 8.44. The second-order valence-corrected chi connectivity index (χ2v) is 1.92. The van der Waals surface area contributed by atoms with Gasteiger partial charge in [-0.1, -0.05) is 13.3 Å². The molecule has 0 aliphatic heterocycles. The average Bonchev–Trinajstić information content (AvgIpc) is 1.82. The number of hydrogen-bond donors (Lipinski definition) is 0. The Hall–Kier alpha value is -0.820. The van der Waals surface area contributed by atoms with Crippen LogP contribution < -0.4 is 0 Å². The van der Waals surface area contributed by atoms with E-state index in [9.17, 15) is 0 Å². The Bertz CT molecular complexity index is 176. The molecule has 0 heterocycles. The SMILES string of the molecule is C#CCCCC.O=S(=O)=O. The van der Waals surface area contributed by atoms with Gasteiger partial charge in [0.15, 0.2) is 0 Å². The minimum Gasteiger partial charge on any atom is -0.142 e. The van der Waals surface area contributed by atoms with Crippen molar-refractivity contribution in [2.24, 2.45) is 0 Å². The van der Waals surface area contributed by atoms with E-state index in [-0.39, 0.29) is 0 Å². The van der Waals surface area contributed by atoms with Crippen molar-refractivity contribution in [1.29, 1.82) is 0 Å². The van der Waals surface area contributed by atoms with E-state index >= 15 is 0 Å². The lowest BCUT2D eigenvalue weighted by Gasteiger charge is -1.79. The van der Waals surface area contributed by atoms with Crippen molar-refractivity contribution < 1.29 is 12.6 Å². The van der Waals surface area contributed by atoms with Gasteiger partial charge < -0.3 is 0 Å². The van der Waals surface area contributed by atoms with Crippen molar-refractivity contribution in [3.8, 4) is 12.3 Å². The van der Waals surface area contributed by atoms with Crippen LogP contribution in [-0.2, 0) is 10.6 Å². The van der Waals surface area contributed by atoms with Crippen molar-refractivity contribution in [2.45, 2.75) is 26.2 Å². The molecule has 0 radical (unpaired) electrons. The first-order valence-corrected chi connectivity index (χ1v) is 3.85. The molecule has 0 saturated heterocycles. The summed E-state index contributed by atoms with van der Waals surface area (Å²) in [5.41, 5.74) is 0. The Morgan fingerprint density at radius 1 is 1.40 bits per heavy atom. The molecule has 0 aliphatic carbocycles. The van der Waals surface area contributed by atoms with Crippen molar-refractivity contribution in [2.75, 3.05) is 0 Å². The van der Waals surface area contributed by atoms with Crippen LogP contribution >= 0.6 is 0 Å². The highest BCUT2D eigenvalue weighted by Gasteiger charge is 1.71. The first kappa shape index (κ1) is 11.9. The van der Waals surface area contributed by atoms with Gasteiger partial charge in [0, 0.05) is 6.42 Å². The maximum Gasteiger partial charge on any atom is 0.425 e. The van der Waals surface area contributed by atoms with Crippen LogP contribution in [0.25, 0.3) is 0 Å². The third kappa shape index (κ3) is 57.7. The number of terminal acetylenes is 1. The van der Waals surface area contributed by atoms with Crippen molar-refractivity contribution in [3.05, 3.63) is 0 Å². The van der Waals surface area contributed by atoms with Crippen LogP contribution in [0.3, 0.4) is 0 Å². The van der Waals surface area contributed by atoms with E-state index in [2.05, 4.69) is 12.8 Å². The average molecular weight is 162 g/mol. The largest absolute Gasteiger partial charge is 0.425 e. The smallest absolute Gasteiger partial charge is 0.142 e. The zero-order valence-corrected chi connectivity index (χ0v) is 6.65. The Morgan fingerprint density at radius 3 is 1.90 bits per heavy atom. The second kappa shape index (κ2) is 11.0. The number of hydrogen-bond acceptors (Lipinski definition) is 3. The summed E-state index contributed by atoms with van der Waals surface area (Å²) < 4.78 is 25.3. The summed E-state index contributed by atoms with van der Waals surface area (Å²) in [5, 5.41) is 0. The molecule has 0 aromatic rings. The van der Waals surface area contributed by atoms with Gasteiger partial charge in [0.2, 0.25) is 0 Å². The lowest BCUT2D eigenvalue weighted by molar-refractivity contribution is 0.559. The van der Waals surface area contributed by atoms with Gasteiger partial charge >= 0.3 is 10.6 Å². The summed E-state index contributed by atoms with van der Waals surface area (Å²) in [7, 11) is -3.11. The lowest BCUT2D eigenvalue weighted by atomic mass is 10.3. The van der Waals surface area contributed by atoms with Crippen LogP contribution in [0.4, 0.5) is 0 Å². The van der Waals surface area contributed by atoms with Gasteiger partial charge in [-0.3, -0.25) is 0 Å². The molecule has 0 atom stereocenters. The minimum absolute atomic E-state index is 0.941. The van der Waals surface area contributed by atoms with Crippen molar-refractivity contribution in [1.82, 2.24) is 0 Å². The van der Waals surface area contributed by atoms with Gasteiger partial charge in [-0.25, -0.2) is 0 Å². The predicted octanol–water partition coefficient (Wildman–Crippen LogP) is 0.806. The molecule has 10 heavy (non-hydrogen) atoms. The van der Waals surface area contributed by atoms with Crippen LogP contribution in [0.1, 0.15) is 26.2 Å². The summed E-state index contributed by atoms with van der Waals surface area (Å²) in [5.74, 6) is 2.57. The molecule has 0 N–H and O–H groups in total.